The van der Waals surface area contributed by atoms with E-state index in [0.717, 1.165) is 30.3 Å². The third-order valence-corrected chi connectivity index (χ3v) is 5.50. The SMILES string of the molecule is O=C(c1cc(F)cc(F)c1)N1CCN(C2CCN(Cc3ccccn3)C2=O)CC1. The minimum atomic E-state index is -0.767. The molecule has 4 rings (SSSR count). The molecule has 8 heteroatoms. The molecule has 2 aliphatic rings. The van der Waals surface area contributed by atoms with Gasteiger partial charge >= 0.3 is 0 Å². The molecule has 0 aliphatic carbocycles. The van der Waals surface area contributed by atoms with Crippen LogP contribution in [-0.2, 0) is 11.3 Å². The lowest BCUT2D eigenvalue weighted by Crippen LogP contribution is -2.53. The first-order valence-electron chi connectivity index (χ1n) is 9.69. The van der Waals surface area contributed by atoms with E-state index in [2.05, 4.69) is 9.88 Å². The number of pyridine rings is 1. The molecule has 0 N–H and O–H groups in total. The van der Waals surface area contributed by atoms with E-state index in [-0.39, 0.29) is 17.5 Å². The minimum absolute atomic E-state index is 0.00873. The molecule has 2 amide bonds. The van der Waals surface area contributed by atoms with E-state index in [4.69, 9.17) is 0 Å². The highest BCUT2D eigenvalue weighted by molar-refractivity contribution is 5.94. The second-order valence-corrected chi connectivity index (χ2v) is 7.37. The van der Waals surface area contributed by atoms with Gasteiger partial charge in [0, 0.05) is 50.6 Å². The van der Waals surface area contributed by atoms with Crippen molar-refractivity contribution in [2.45, 2.75) is 19.0 Å². The van der Waals surface area contributed by atoms with Gasteiger partial charge in [-0.1, -0.05) is 6.07 Å². The summed E-state index contributed by atoms with van der Waals surface area (Å²) in [6.07, 6.45) is 2.46. The van der Waals surface area contributed by atoms with Crippen molar-refractivity contribution in [3.05, 3.63) is 65.5 Å². The number of carbonyl (C=O) groups excluding carboxylic acids is 2. The summed E-state index contributed by atoms with van der Waals surface area (Å²) in [5.41, 5.74) is 0.869. The Bertz CT molecular complexity index is 881. The van der Waals surface area contributed by atoms with Crippen LogP contribution >= 0.6 is 0 Å². The quantitative estimate of drug-likeness (QED) is 0.787. The summed E-state index contributed by atoms with van der Waals surface area (Å²) < 4.78 is 26.8. The average molecular weight is 400 g/mol. The van der Waals surface area contributed by atoms with Crippen molar-refractivity contribution in [3.8, 4) is 0 Å². The summed E-state index contributed by atoms with van der Waals surface area (Å²) >= 11 is 0. The summed E-state index contributed by atoms with van der Waals surface area (Å²) in [5, 5.41) is 0. The van der Waals surface area contributed by atoms with E-state index in [1.165, 1.54) is 0 Å². The summed E-state index contributed by atoms with van der Waals surface area (Å²) in [4.78, 5) is 35.1. The highest BCUT2D eigenvalue weighted by Crippen LogP contribution is 2.21. The van der Waals surface area contributed by atoms with E-state index in [1.54, 1.807) is 11.1 Å². The first-order valence-corrected chi connectivity index (χ1v) is 9.69. The number of hydrogen-bond acceptors (Lipinski definition) is 4. The molecule has 6 nitrogen and oxygen atoms in total. The summed E-state index contributed by atoms with van der Waals surface area (Å²) in [6, 6.07) is 8.31. The van der Waals surface area contributed by atoms with Gasteiger partial charge in [-0.25, -0.2) is 8.78 Å². The molecule has 1 unspecified atom stereocenters. The molecule has 3 heterocycles. The molecule has 0 radical (unpaired) electrons. The van der Waals surface area contributed by atoms with Crippen LogP contribution in [0.2, 0.25) is 0 Å². The van der Waals surface area contributed by atoms with Crippen LogP contribution in [0.4, 0.5) is 8.78 Å². The number of benzene rings is 1. The number of aromatic nitrogens is 1. The van der Waals surface area contributed by atoms with Crippen LogP contribution in [0.15, 0.2) is 42.6 Å². The van der Waals surface area contributed by atoms with Crippen LogP contribution in [0.1, 0.15) is 22.5 Å². The van der Waals surface area contributed by atoms with Crippen molar-refractivity contribution in [2.75, 3.05) is 32.7 Å². The lowest BCUT2D eigenvalue weighted by molar-refractivity contribution is -0.133. The molecule has 1 aromatic carbocycles. The number of piperazine rings is 1. The molecule has 0 bridgehead atoms. The largest absolute Gasteiger partial charge is 0.336 e. The number of rotatable bonds is 4. The van der Waals surface area contributed by atoms with Gasteiger partial charge in [-0.15, -0.1) is 0 Å². The van der Waals surface area contributed by atoms with Gasteiger partial charge in [0.15, 0.2) is 0 Å². The molecule has 0 spiro atoms. The molecule has 2 fully saturated rings. The Morgan fingerprint density at radius 1 is 1.03 bits per heavy atom. The highest BCUT2D eigenvalue weighted by atomic mass is 19.1. The van der Waals surface area contributed by atoms with E-state index < -0.39 is 17.5 Å². The number of hydrogen-bond donors (Lipinski definition) is 0. The predicted octanol–water partition coefficient (Wildman–Crippen LogP) is 1.92. The van der Waals surface area contributed by atoms with Crippen LogP contribution in [-0.4, -0.2) is 70.3 Å². The summed E-state index contributed by atoms with van der Waals surface area (Å²) in [6.45, 7) is 3.12. The van der Waals surface area contributed by atoms with E-state index in [0.29, 0.717) is 39.3 Å². The third-order valence-electron chi connectivity index (χ3n) is 5.50. The maximum Gasteiger partial charge on any atom is 0.254 e. The van der Waals surface area contributed by atoms with Crippen LogP contribution in [0.25, 0.3) is 0 Å². The zero-order chi connectivity index (χ0) is 20.4. The number of halogens is 2. The Hall–Kier alpha value is -2.87. The van der Waals surface area contributed by atoms with Gasteiger partial charge in [-0.2, -0.15) is 0 Å². The minimum Gasteiger partial charge on any atom is -0.336 e. The Morgan fingerprint density at radius 2 is 1.76 bits per heavy atom. The number of nitrogens with zero attached hydrogens (tertiary/aromatic N) is 4. The van der Waals surface area contributed by atoms with Crippen LogP contribution in [0.3, 0.4) is 0 Å². The Labute approximate surface area is 167 Å². The second kappa shape index (κ2) is 8.24. The Kier molecular flexibility index (Phi) is 5.53. The van der Waals surface area contributed by atoms with Gasteiger partial charge in [0.25, 0.3) is 5.91 Å². The third kappa shape index (κ3) is 4.27. The van der Waals surface area contributed by atoms with Crippen molar-refractivity contribution >= 4 is 11.8 Å². The second-order valence-electron chi connectivity index (χ2n) is 7.37. The molecule has 0 saturated carbocycles. The zero-order valence-corrected chi connectivity index (χ0v) is 15.9. The smallest absolute Gasteiger partial charge is 0.254 e. The van der Waals surface area contributed by atoms with Crippen molar-refractivity contribution in [2.24, 2.45) is 0 Å². The highest BCUT2D eigenvalue weighted by Gasteiger charge is 2.37. The fourth-order valence-electron chi connectivity index (χ4n) is 4.00. The van der Waals surface area contributed by atoms with Gasteiger partial charge in [0.1, 0.15) is 11.6 Å². The molecule has 152 valence electrons. The molecule has 1 atom stereocenters. The maximum absolute atomic E-state index is 13.4. The fourth-order valence-corrected chi connectivity index (χ4v) is 4.00. The molecule has 1 aromatic heterocycles. The van der Waals surface area contributed by atoms with Gasteiger partial charge < -0.3 is 9.80 Å². The molecule has 2 aliphatic heterocycles. The van der Waals surface area contributed by atoms with E-state index >= 15 is 0 Å². The standard InChI is InChI=1S/C21H22F2N4O2/c22-16-11-15(12-17(23)13-16)20(28)26-9-7-25(8-10-26)19-4-6-27(21(19)29)14-18-3-1-2-5-24-18/h1-3,5,11-13,19H,4,6-10,14H2. The number of likely N-dealkylation sites (tertiary alicyclic amines) is 1. The Balaban J connectivity index is 1.34. The van der Waals surface area contributed by atoms with Crippen molar-refractivity contribution in [1.29, 1.82) is 0 Å². The number of amides is 2. The van der Waals surface area contributed by atoms with Gasteiger partial charge in [0.2, 0.25) is 5.91 Å². The monoisotopic (exact) mass is 400 g/mol. The van der Waals surface area contributed by atoms with Crippen molar-refractivity contribution in [1.82, 2.24) is 19.7 Å². The van der Waals surface area contributed by atoms with Gasteiger partial charge in [-0.3, -0.25) is 19.5 Å². The van der Waals surface area contributed by atoms with E-state index in [9.17, 15) is 18.4 Å². The lowest BCUT2D eigenvalue weighted by Gasteiger charge is -2.37. The van der Waals surface area contributed by atoms with Crippen LogP contribution in [0.5, 0.6) is 0 Å². The Morgan fingerprint density at radius 3 is 2.41 bits per heavy atom. The van der Waals surface area contributed by atoms with Crippen molar-refractivity contribution < 1.29 is 18.4 Å². The number of carbonyl (C=O) groups is 2. The van der Waals surface area contributed by atoms with E-state index in [1.807, 2.05) is 23.1 Å². The molecule has 2 aromatic rings. The van der Waals surface area contributed by atoms with Gasteiger partial charge in [0.05, 0.1) is 18.3 Å². The first kappa shape index (κ1) is 19.4. The normalized spacial score (nSPS) is 20.3. The fraction of sp³-hybridized carbons (Fsp3) is 0.381. The van der Waals surface area contributed by atoms with Gasteiger partial charge in [-0.05, 0) is 30.7 Å². The summed E-state index contributed by atoms with van der Waals surface area (Å²) in [7, 11) is 0. The maximum atomic E-state index is 13.4. The zero-order valence-electron chi connectivity index (χ0n) is 15.9. The molecule has 2 saturated heterocycles. The first-order chi connectivity index (χ1) is 14.0. The van der Waals surface area contributed by atoms with Crippen LogP contribution < -0.4 is 0 Å². The molecular formula is C21H22F2N4O2. The average Bonchev–Trinajstić information content (AvgIpc) is 3.08. The molecule has 29 heavy (non-hydrogen) atoms. The topological polar surface area (TPSA) is 56.8 Å². The molecular weight excluding hydrogens is 378 g/mol. The predicted molar refractivity (Wildman–Crippen MR) is 102 cm³/mol. The van der Waals surface area contributed by atoms with Crippen molar-refractivity contribution in [3.63, 3.8) is 0 Å². The lowest BCUT2D eigenvalue weighted by atomic mass is 10.1. The summed E-state index contributed by atoms with van der Waals surface area (Å²) in [5.74, 6) is -1.84. The van der Waals surface area contributed by atoms with Crippen LogP contribution in [0, 0.1) is 11.6 Å².